The lowest BCUT2D eigenvalue weighted by atomic mass is 10.2. The van der Waals surface area contributed by atoms with E-state index < -0.39 is 5.91 Å². The van der Waals surface area contributed by atoms with Gasteiger partial charge in [-0.05, 0) is 42.3 Å². The summed E-state index contributed by atoms with van der Waals surface area (Å²) in [7, 11) is 0. The molecule has 5 nitrogen and oxygen atoms in total. The van der Waals surface area contributed by atoms with Gasteiger partial charge in [0.25, 0.3) is 11.1 Å². The van der Waals surface area contributed by atoms with Gasteiger partial charge in [-0.2, -0.15) is 0 Å². The first-order valence-electron chi connectivity index (χ1n) is 7.34. The van der Waals surface area contributed by atoms with Gasteiger partial charge in [0.05, 0.1) is 4.91 Å². The molecule has 3 amide bonds. The van der Waals surface area contributed by atoms with Crippen molar-refractivity contribution in [1.82, 2.24) is 9.80 Å². The van der Waals surface area contributed by atoms with Crippen molar-refractivity contribution in [2.45, 2.75) is 12.8 Å². The number of amides is 3. The molecule has 0 N–H and O–H groups in total. The normalized spacial score (nSPS) is 20.0. The molecule has 0 bridgehead atoms. The Balaban J connectivity index is 1.75. The average Bonchev–Trinajstić information content (AvgIpc) is 3.14. The molecule has 0 radical (unpaired) electrons. The second kappa shape index (κ2) is 6.88. The lowest BCUT2D eigenvalue weighted by molar-refractivity contribution is -0.135. The van der Waals surface area contributed by atoms with Crippen molar-refractivity contribution in [3.8, 4) is 0 Å². The number of hydrogen-bond acceptors (Lipinski definition) is 4. The molecule has 0 spiro atoms. The van der Waals surface area contributed by atoms with Gasteiger partial charge in [0.15, 0.2) is 0 Å². The van der Waals surface area contributed by atoms with Gasteiger partial charge >= 0.3 is 0 Å². The first kappa shape index (κ1) is 16.3. The van der Waals surface area contributed by atoms with E-state index in [0.29, 0.717) is 18.0 Å². The summed E-state index contributed by atoms with van der Waals surface area (Å²) >= 11 is 4.29. The highest BCUT2D eigenvalue weighted by atomic mass is 79.9. The molecular formula is C16H15BrN2O3S. The summed E-state index contributed by atoms with van der Waals surface area (Å²) in [5.74, 6) is -0.560. The highest BCUT2D eigenvalue weighted by Gasteiger charge is 2.37. The van der Waals surface area contributed by atoms with E-state index in [1.807, 2.05) is 24.3 Å². The third kappa shape index (κ3) is 3.50. The summed E-state index contributed by atoms with van der Waals surface area (Å²) < 4.78 is 0.847. The van der Waals surface area contributed by atoms with Crippen LogP contribution in [-0.4, -0.2) is 46.5 Å². The van der Waals surface area contributed by atoms with E-state index in [9.17, 15) is 14.4 Å². The maximum atomic E-state index is 12.4. The van der Waals surface area contributed by atoms with Crippen LogP contribution in [0.5, 0.6) is 0 Å². The first-order valence-corrected chi connectivity index (χ1v) is 8.95. The van der Waals surface area contributed by atoms with Crippen LogP contribution in [0.3, 0.4) is 0 Å². The van der Waals surface area contributed by atoms with Crippen LogP contribution >= 0.6 is 27.7 Å². The maximum Gasteiger partial charge on any atom is 0.294 e. The van der Waals surface area contributed by atoms with Crippen molar-refractivity contribution in [2.24, 2.45) is 0 Å². The van der Waals surface area contributed by atoms with Crippen molar-refractivity contribution < 1.29 is 14.4 Å². The average molecular weight is 395 g/mol. The predicted octanol–water partition coefficient (Wildman–Crippen LogP) is 3.11. The summed E-state index contributed by atoms with van der Waals surface area (Å²) in [6.07, 6.45) is 3.64. The lowest BCUT2D eigenvalue weighted by Gasteiger charge is -2.18. The molecule has 0 atom stereocenters. The van der Waals surface area contributed by atoms with E-state index in [0.717, 1.165) is 39.5 Å². The van der Waals surface area contributed by atoms with Gasteiger partial charge in [0.2, 0.25) is 5.91 Å². The summed E-state index contributed by atoms with van der Waals surface area (Å²) in [5.41, 5.74) is 0.823. The Kier molecular flexibility index (Phi) is 4.87. The number of hydrogen-bond donors (Lipinski definition) is 0. The van der Waals surface area contributed by atoms with Crippen LogP contribution in [0.1, 0.15) is 18.4 Å². The first-order chi connectivity index (χ1) is 11.1. The predicted molar refractivity (Wildman–Crippen MR) is 92.6 cm³/mol. The standard InChI is InChI=1S/C16H15BrN2O3S/c17-12-6-2-1-5-11(12)9-13-15(21)19(16(22)23-13)10-14(20)18-7-3-4-8-18/h1-2,5-6,9H,3-4,7-8,10H2/b13-9+. The van der Waals surface area contributed by atoms with Gasteiger partial charge in [-0.25, -0.2) is 0 Å². The molecule has 2 saturated heterocycles. The Labute approximate surface area is 146 Å². The highest BCUT2D eigenvalue weighted by molar-refractivity contribution is 9.10. The van der Waals surface area contributed by atoms with Gasteiger partial charge in [-0.15, -0.1) is 0 Å². The summed E-state index contributed by atoms with van der Waals surface area (Å²) in [6.45, 7) is 1.25. The van der Waals surface area contributed by atoms with Crippen molar-refractivity contribution >= 4 is 50.8 Å². The lowest BCUT2D eigenvalue weighted by Crippen LogP contribution is -2.40. The van der Waals surface area contributed by atoms with Gasteiger partial charge < -0.3 is 4.90 Å². The van der Waals surface area contributed by atoms with E-state index in [2.05, 4.69) is 15.9 Å². The Morgan fingerprint density at radius 2 is 1.91 bits per heavy atom. The van der Waals surface area contributed by atoms with Crippen LogP contribution < -0.4 is 0 Å². The van der Waals surface area contributed by atoms with E-state index >= 15 is 0 Å². The van der Waals surface area contributed by atoms with Crippen LogP contribution in [-0.2, 0) is 9.59 Å². The molecule has 0 saturated carbocycles. The summed E-state index contributed by atoms with van der Waals surface area (Å²) in [5, 5.41) is -0.388. The minimum Gasteiger partial charge on any atom is -0.341 e. The van der Waals surface area contributed by atoms with E-state index in [1.54, 1.807) is 11.0 Å². The molecule has 2 heterocycles. The number of likely N-dealkylation sites (tertiary alicyclic amines) is 1. The zero-order chi connectivity index (χ0) is 16.4. The number of benzene rings is 1. The number of carbonyl (C=O) groups is 3. The topological polar surface area (TPSA) is 57.7 Å². The Morgan fingerprint density at radius 1 is 1.22 bits per heavy atom. The van der Waals surface area contributed by atoms with Crippen LogP contribution in [0.15, 0.2) is 33.6 Å². The number of rotatable bonds is 3. The van der Waals surface area contributed by atoms with Crippen LogP contribution in [0.25, 0.3) is 6.08 Å². The van der Waals surface area contributed by atoms with Crippen molar-refractivity contribution in [1.29, 1.82) is 0 Å². The van der Waals surface area contributed by atoms with E-state index in [4.69, 9.17) is 0 Å². The maximum absolute atomic E-state index is 12.4. The molecule has 0 aliphatic carbocycles. The van der Waals surface area contributed by atoms with Crippen LogP contribution in [0.2, 0.25) is 0 Å². The monoisotopic (exact) mass is 394 g/mol. The Morgan fingerprint density at radius 3 is 2.61 bits per heavy atom. The van der Waals surface area contributed by atoms with E-state index in [-0.39, 0.29) is 17.7 Å². The molecular weight excluding hydrogens is 380 g/mol. The zero-order valence-corrected chi connectivity index (χ0v) is 14.7. The summed E-state index contributed by atoms with van der Waals surface area (Å²) in [4.78, 5) is 39.7. The molecule has 1 aromatic rings. The molecule has 2 fully saturated rings. The largest absolute Gasteiger partial charge is 0.341 e. The Bertz CT molecular complexity index is 698. The van der Waals surface area contributed by atoms with E-state index in [1.165, 1.54) is 0 Å². The van der Waals surface area contributed by atoms with Crippen molar-refractivity contribution in [3.63, 3.8) is 0 Å². The molecule has 0 aromatic heterocycles. The molecule has 23 heavy (non-hydrogen) atoms. The fourth-order valence-electron chi connectivity index (χ4n) is 2.57. The van der Waals surface area contributed by atoms with Crippen LogP contribution in [0.4, 0.5) is 4.79 Å². The van der Waals surface area contributed by atoms with Gasteiger partial charge in [-0.3, -0.25) is 19.3 Å². The summed E-state index contributed by atoms with van der Waals surface area (Å²) in [6, 6.07) is 7.46. The second-order valence-electron chi connectivity index (χ2n) is 5.38. The Hall–Kier alpha value is -1.60. The number of nitrogens with zero attached hydrogens (tertiary/aromatic N) is 2. The van der Waals surface area contributed by atoms with Crippen LogP contribution in [0, 0.1) is 0 Å². The third-order valence-corrected chi connectivity index (χ3v) is 5.45. The fourth-order valence-corrected chi connectivity index (χ4v) is 3.80. The number of halogens is 1. The van der Waals surface area contributed by atoms with Crippen molar-refractivity contribution in [3.05, 3.63) is 39.2 Å². The van der Waals surface area contributed by atoms with Gasteiger partial charge in [0, 0.05) is 17.6 Å². The minimum absolute atomic E-state index is 0.160. The van der Waals surface area contributed by atoms with Gasteiger partial charge in [-0.1, -0.05) is 34.1 Å². The molecule has 2 aliphatic rings. The third-order valence-electron chi connectivity index (χ3n) is 3.82. The second-order valence-corrected chi connectivity index (χ2v) is 7.22. The van der Waals surface area contributed by atoms with Crippen molar-refractivity contribution in [2.75, 3.05) is 19.6 Å². The molecule has 7 heteroatoms. The number of carbonyl (C=O) groups excluding carboxylic acids is 3. The highest BCUT2D eigenvalue weighted by Crippen LogP contribution is 2.33. The quantitative estimate of drug-likeness (QED) is 0.739. The molecule has 0 unspecified atom stereocenters. The van der Waals surface area contributed by atoms with Gasteiger partial charge in [0.1, 0.15) is 6.54 Å². The zero-order valence-electron chi connectivity index (χ0n) is 12.3. The molecule has 1 aromatic carbocycles. The molecule has 2 aliphatic heterocycles. The SMILES string of the molecule is O=C(CN1C(=O)S/C(=C/c2ccccc2Br)C1=O)N1CCCC1. The fraction of sp³-hybridized carbons (Fsp3) is 0.312. The number of thioether (sulfide) groups is 1. The molecule has 120 valence electrons. The minimum atomic E-state index is -0.400. The molecule has 3 rings (SSSR count). The smallest absolute Gasteiger partial charge is 0.294 e. The number of imide groups is 1.